The van der Waals surface area contributed by atoms with E-state index < -0.39 is 9.84 Å². The molecule has 1 aromatic carbocycles. The highest BCUT2D eigenvalue weighted by Crippen LogP contribution is 2.23. The van der Waals surface area contributed by atoms with Crippen LogP contribution in [-0.4, -0.2) is 22.5 Å². The Balaban J connectivity index is 2.44. The van der Waals surface area contributed by atoms with Gasteiger partial charge >= 0.3 is 0 Å². The molecule has 0 saturated carbocycles. The van der Waals surface area contributed by atoms with Gasteiger partial charge in [-0.1, -0.05) is 18.2 Å². The maximum Gasteiger partial charge on any atom is 0.216 e. The molecule has 0 aliphatic heterocycles. The second-order valence-corrected chi connectivity index (χ2v) is 6.43. The number of benzene rings is 1. The van der Waals surface area contributed by atoms with Crippen molar-refractivity contribution in [2.75, 3.05) is 19.0 Å². The minimum absolute atomic E-state index is 0.0807. The van der Waals surface area contributed by atoms with Gasteiger partial charge in [0.1, 0.15) is 11.8 Å². The molecule has 0 spiro atoms. The molecule has 0 aliphatic carbocycles. The molecule has 6 heteroatoms. The van der Waals surface area contributed by atoms with Gasteiger partial charge in [-0.3, -0.25) is 0 Å². The van der Waals surface area contributed by atoms with Crippen LogP contribution < -0.4 is 4.90 Å². The molecule has 108 valence electrons. The van der Waals surface area contributed by atoms with E-state index in [9.17, 15) is 8.42 Å². The van der Waals surface area contributed by atoms with Crippen LogP contribution in [0.5, 0.6) is 0 Å². The van der Waals surface area contributed by atoms with Crippen molar-refractivity contribution in [3.63, 3.8) is 0 Å². The summed E-state index contributed by atoms with van der Waals surface area (Å²) in [5.74, 6) is 0.894. The van der Waals surface area contributed by atoms with Crippen molar-refractivity contribution in [3.8, 4) is 6.07 Å². The Kier molecular flexibility index (Phi) is 4.15. The molecular formula is C15H14N2O3S. The van der Waals surface area contributed by atoms with Crippen molar-refractivity contribution >= 4 is 21.8 Å². The number of sulfone groups is 1. The van der Waals surface area contributed by atoms with Crippen LogP contribution in [0.3, 0.4) is 0 Å². The first kappa shape index (κ1) is 14.9. The van der Waals surface area contributed by atoms with Crippen molar-refractivity contribution in [2.24, 2.45) is 0 Å². The molecule has 0 bridgehead atoms. The quantitative estimate of drug-likeness (QED) is 0.812. The van der Waals surface area contributed by atoms with Crippen LogP contribution in [0.25, 0.3) is 6.08 Å². The maximum absolute atomic E-state index is 12.4. The molecule has 0 unspecified atom stereocenters. The molecule has 0 saturated heterocycles. The Labute approximate surface area is 123 Å². The van der Waals surface area contributed by atoms with Gasteiger partial charge in [-0.25, -0.2) is 8.42 Å². The second-order valence-electron chi connectivity index (χ2n) is 4.51. The summed E-state index contributed by atoms with van der Waals surface area (Å²) in [6, 6.07) is 12.9. The third kappa shape index (κ3) is 3.15. The summed E-state index contributed by atoms with van der Waals surface area (Å²) in [7, 11) is -0.226. The smallest absolute Gasteiger partial charge is 0.216 e. The Morgan fingerprint density at radius 1 is 1.19 bits per heavy atom. The van der Waals surface area contributed by atoms with Crippen molar-refractivity contribution in [2.45, 2.75) is 4.90 Å². The second kappa shape index (κ2) is 5.85. The molecule has 2 aromatic rings. The Hall–Kier alpha value is -2.52. The zero-order valence-corrected chi connectivity index (χ0v) is 12.5. The van der Waals surface area contributed by atoms with Gasteiger partial charge in [0, 0.05) is 26.2 Å². The summed E-state index contributed by atoms with van der Waals surface area (Å²) in [5, 5.41) is 9.15. The van der Waals surface area contributed by atoms with Gasteiger partial charge in [-0.15, -0.1) is 0 Å². The summed E-state index contributed by atoms with van der Waals surface area (Å²) >= 11 is 0. The third-order valence-corrected chi connectivity index (χ3v) is 4.46. The normalized spacial score (nSPS) is 12.0. The van der Waals surface area contributed by atoms with E-state index in [-0.39, 0.29) is 9.80 Å². The predicted octanol–water partition coefficient (Wildman–Crippen LogP) is 2.68. The lowest BCUT2D eigenvalue weighted by molar-refractivity contribution is 0.555. The maximum atomic E-state index is 12.4. The van der Waals surface area contributed by atoms with E-state index in [2.05, 4.69) is 0 Å². The monoisotopic (exact) mass is 302 g/mol. The van der Waals surface area contributed by atoms with Crippen molar-refractivity contribution < 1.29 is 12.8 Å². The number of hydrogen-bond donors (Lipinski definition) is 0. The Morgan fingerprint density at radius 2 is 1.86 bits per heavy atom. The fourth-order valence-electron chi connectivity index (χ4n) is 1.69. The van der Waals surface area contributed by atoms with Crippen molar-refractivity contribution in [1.82, 2.24) is 0 Å². The van der Waals surface area contributed by atoms with Crippen LogP contribution in [-0.2, 0) is 9.84 Å². The molecular weight excluding hydrogens is 288 g/mol. The van der Waals surface area contributed by atoms with E-state index in [1.54, 1.807) is 55.4 Å². The summed E-state index contributed by atoms with van der Waals surface area (Å²) in [6.45, 7) is 0. The van der Waals surface area contributed by atoms with Gasteiger partial charge in [0.25, 0.3) is 0 Å². The van der Waals surface area contributed by atoms with E-state index >= 15 is 0 Å². The largest absolute Gasteiger partial charge is 0.441 e. The fraction of sp³-hybridized carbons (Fsp3) is 0.133. The van der Waals surface area contributed by atoms with E-state index in [1.807, 2.05) is 0 Å². The molecule has 2 rings (SSSR count). The molecule has 0 N–H and O–H groups in total. The molecule has 0 aliphatic rings. The molecule has 21 heavy (non-hydrogen) atoms. The highest BCUT2D eigenvalue weighted by Gasteiger charge is 2.21. The zero-order chi connectivity index (χ0) is 15.5. The predicted molar refractivity (Wildman–Crippen MR) is 80.3 cm³/mol. The molecule has 5 nitrogen and oxygen atoms in total. The SMILES string of the molecule is CN(C)c1ccc(C=C(C#N)S(=O)(=O)c2ccccc2)o1. The fourth-order valence-corrected chi connectivity index (χ4v) is 2.85. The highest BCUT2D eigenvalue weighted by atomic mass is 32.2. The average Bonchev–Trinajstić information content (AvgIpc) is 2.94. The van der Waals surface area contributed by atoms with Gasteiger partial charge in [-0.2, -0.15) is 5.26 Å². The minimum Gasteiger partial charge on any atom is -0.441 e. The lowest BCUT2D eigenvalue weighted by Crippen LogP contribution is -2.06. The molecule has 0 amide bonds. The minimum atomic E-state index is -3.83. The van der Waals surface area contributed by atoms with Crippen LogP contribution >= 0.6 is 0 Å². The van der Waals surface area contributed by atoms with E-state index in [0.29, 0.717) is 11.6 Å². The molecule has 0 fully saturated rings. The standard InChI is InChI=1S/C15H14N2O3S/c1-17(2)15-9-8-12(20-15)10-14(11-16)21(18,19)13-6-4-3-5-7-13/h3-10H,1-2H3. The third-order valence-electron chi connectivity index (χ3n) is 2.78. The van der Waals surface area contributed by atoms with E-state index in [0.717, 1.165) is 0 Å². The zero-order valence-electron chi connectivity index (χ0n) is 11.6. The van der Waals surface area contributed by atoms with E-state index in [1.165, 1.54) is 18.2 Å². The topological polar surface area (TPSA) is 74.3 Å². The van der Waals surface area contributed by atoms with Gasteiger partial charge in [0.15, 0.2) is 10.8 Å². The van der Waals surface area contributed by atoms with Crippen LogP contribution in [0.2, 0.25) is 0 Å². The first-order chi connectivity index (χ1) is 9.95. The summed E-state index contributed by atoms with van der Waals surface area (Å²) in [6.07, 6.45) is 1.23. The van der Waals surface area contributed by atoms with Crippen molar-refractivity contribution in [1.29, 1.82) is 5.26 Å². The van der Waals surface area contributed by atoms with Gasteiger partial charge in [0.2, 0.25) is 9.84 Å². The van der Waals surface area contributed by atoms with Crippen molar-refractivity contribution in [3.05, 3.63) is 53.1 Å². The number of anilines is 1. The number of hydrogen-bond acceptors (Lipinski definition) is 5. The number of rotatable bonds is 4. The number of nitrogens with zero attached hydrogens (tertiary/aromatic N) is 2. The molecule has 0 atom stereocenters. The van der Waals surface area contributed by atoms with Gasteiger partial charge < -0.3 is 9.32 Å². The summed E-state index contributed by atoms with van der Waals surface area (Å²) in [4.78, 5) is 1.47. The first-order valence-corrected chi connectivity index (χ1v) is 7.62. The highest BCUT2D eigenvalue weighted by molar-refractivity contribution is 7.95. The van der Waals surface area contributed by atoms with Gasteiger partial charge in [-0.05, 0) is 18.2 Å². The lowest BCUT2D eigenvalue weighted by Gasteiger charge is -2.06. The van der Waals surface area contributed by atoms with Crippen LogP contribution in [0.15, 0.2) is 56.7 Å². The van der Waals surface area contributed by atoms with E-state index in [4.69, 9.17) is 9.68 Å². The molecule has 1 heterocycles. The van der Waals surface area contributed by atoms with Gasteiger partial charge in [0.05, 0.1) is 4.90 Å². The van der Waals surface area contributed by atoms with Crippen LogP contribution in [0.4, 0.5) is 5.88 Å². The lowest BCUT2D eigenvalue weighted by atomic mass is 10.4. The summed E-state index contributed by atoms with van der Waals surface area (Å²) in [5.41, 5.74) is 0. The Bertz CT molecular complexity index is 797. The Morgan fingerprint density at radius 3 is 2.38 bits per heavy atom. The van der Waals surface area contributed by atoms with Crippen LogP contribution in [0, 0.1) is 11.3 Å². The molecule has 1 aromatic heterocycles. The summed E-state index contributed by atoms with van der Waals surface area (Å²) < 4.78 is 30.2. The number of nitriles is 1. The average molecular weight is 302 g/mol. The number of allylic oxidation sites excluding steroid dienone is 1. The van der Waals surface area contributed by atoms with Crippen LogP contribution in [0.1, 0.15) is 5.76 Å². The number of furan rings is 1. The first-order valence-electron chi connectivity index (χ1n) is 6.14. The molecule has 0 radical (unpaired) electrons.